The summed E-state index contributed by atoms with van der Waals surface area (Å²) in [4.78, 5) is 0.268. The van der Waals surface area contributed by atoms with Crippen molar-refractivity contribution in [1.29, 1.82) is 0 Å². The molecule has 0 saturated heterocycles. The molecule has 0 amide bonds. The van der Waals surface area contributed by atoms with Crippen LogP contribution in [0.15, 0.2) is 29.2 Å². The van der Waals surface area contributed by atoms with Crippen molar-refractivity contribution in [3.05, 3.63) is 29.8 Å². The molecule has 2 N–H and O–H groups in total. The molecular weight excluding hydrogens is 276 g/mol. The Morgan fingerprint density at radius 3 is 2.30 bits per heavy atom. The summed E-state index contributed by atoms with van der Waals surface area (Å²) < 4.78 is 32.4. The Labute approximate surface area is 121 Å². The second-order valence-corrected chi connectivity index (χ2v) is 6.96. The smallest absolute Gasteiger partial charge is 0.240 e. The van der Waals surface area contributed by atoms with Gasteiger partial charge in [-0.05, 0) is 45.5 Å². The Morgan fingerprint density at radius 2 is 1.80 bits per heavy atom. The van der Waals surface area contributed by atoms with Gasteiger partial charge in [0, 0.05) is 19.7 Å². The number of ether oxygens (including phenoxy) is 1. The molecule has 0 fully saturated rings. The van der Waals surface area contributed by atoms with Gasteiger partial charge in [-0.2, -0.15) is 0 Å². The van der Waals surface area contributed by atoms with Crippen molar-refractivity contribution >= 4 is 10.0 Å². The molecule has 0 aliphatic heterocycles. The van der Waals surface area contributed by atoms with Crippen LogP contribution in [-0.4, -0.2) is 34.2 Å². The van der Waals surface area contributed by atoms with Crippen LogP contribution in [-0.2, 0) is 21.3 Å². The molecule has 0 heterocycles. The van der Waals surface area contributed by atoms with Gasteiger partial charge in [0.2, 0.25) is 10.0 Å². The summed E-state index contributed by atoms with van der Waals surface area (Å²) in [5.41, 5.74) is 0.523. The summed E-state index contributed by atoms with van der Waals surface area (Å²) in [6, 6.07) is 6.84. The van der Waals surface area contributed by atoms with Gasteiger partial charge in [0.15, 0.2) is 0 Å². The van der Waals surface area contributed by atoms with Gasteiger partial charge in [0.1, 0.15) is 0 Å². The van der Waals surface area contributed by atoms with Gasteiger partial charge in [-0.25, -0.2) is 13.1 Å². The van der Waals surface area contributed by atoms with Crippen molar-refractivity contribution in [2.45, 2.75) is 37.8 Å². The van der Waals surface area contributed by atoms with E-state index in [1.807, 2.05) is 27.8 Å². The van der Waals surface area contributed by atoms with Crippen molar-refractivity contribution < 1.29 is 13.2 Å². The number of rotatable bonds is 8. The first-order chi connectivity index (χ1) is 9.30. The standard InChI is InChI=1S/C14H24N2O3S/c1-5-19-14(2,3)11-16-20(17,18)13-8-6-12(7-9-13)10-15-4/h6-9,15-16H,5,10-11H2,1-4H3. The van der Waals surface area contributed by atoms with E-state index in [4.69, 9.17) is 4.74 Å². The van der Waals surface area contributed by atoms with E-state index in [2.05, 4.69) is 10.0 Å². The number of sulfonamides is 1. The topological polar surface area (TPSA) is 67.4 Å². The highest BCUT2D eigenvalue weighted by molar-refractivity contribution is 7.89. The lowest BCUT2D eigenvalue weighted by molar-refractivity contribution is -0.00515. The summed E-state index contributed by atoms with van der Waals surface area (Å²) in [5.74, 6) is 0. The first-order valence-corrected chi connectivity index (χ1v) is 8.16. The SMILES string of the molecule is CCOC(C)(C)CNS(=O)(=O)c1ccc(CNC)cc1. The zero-order valence-corrected chi connectivity index (χ0v) is 13.4. The average molecular weight is 300 g/mol. The average Bonchev–Trinajstić information content (AvgIpc) is 2.38. The maximum absolute atomic E-state index is 12.2. The molecule has 0 aliphatic rings. The zero-order chi connectivity index (χ0) is 15.2. The maximum Gasteiger partial charge on any atom is 0.240 e. The molecule has 0 saturated carbocycles. The van der Waals surface area contributed by atoms with Crippen LogP contribution in [0.4, 0.5) is 0 Å². The van der Waals surface area contributed by atoms with Gasteiger partial charge in [-0.3, -0.25) is 0 Å². The van der Waals surface area contributed by atoms with Crippen LogP contribution >= 0.6 is 0 Å². The third kappa shape index (κ3) is 5.20. The number of hydrogen-bond acceptors (Lipinski definition) is 4. The van der Waals surface area contributed by atoms with Crippen molar-refractivity contribution in [3.8, 4) is 0 Å². The minimum absolute atomic E-state index is 0.238. The molecule has 0 atom stereocenters. The quantitative estimate of drug-likeness (QED) is 0.763. The van der Waals surface area contributed by atoms with Crippen LogP contribution in [0.5, 0.6) is 0 Å². The van der Waals surface area contributed by atoms with Gasteiger partial charge >= 0.3 is 0 Å². The molecule has 0 aliphatic carbocycles. The molecule has 1 aromatic rings. The predicted molar refractivity (Wildman–Crippen MR) is 80.1 cm³/mol. The summed E-state index contributed by atoms with van der Waals surface area (Å²) in [6.07, 6.45) is 0. The zero-order valence-electron chi connectivity index (χ0n) is 12.6. The fourth-order valence-electron chi connectivity index (χ4n) is 1.78. The fraction of sp³-hybridized carbons (Fsp3) is 0.571. The molecule has 0 bridgehead atoms. The number of nitrogens with one attached hydrogen (secondary N) is 2. The normalized spacial score (nSPS) is 12.6. The van der Waals surface area contributed by atoms with Crippen LogP contribution in [0.1, 0.15) is 26.3 Å². The number of benzene rings is 1. The summed E-state index contributed by atoms with van der Waals surface area (Å²) >= 11 is 0. The fourth-order valence-corrected chi connectivity index (χ4v) is 2.98. The van der Waals surface area contributed by atoms with Gasteiger partial charge < -0.3 is 10.1 Å². The van der Waals surface area contributed by atoms with Crippen LogP contribution in [0.3, 0.4) is 0 Å². The largest absolute Gasteiger partial charge is 0.375 e. The van der Waals surface area contributed by atoms with Gasteiger partial charge in [-0.15, -0.1) is 0 Å². The summed E-state index contributed by atoms with van der Waals surface area (Å²) in [6.45, 7) is 7.10. The lowest BCUT2D eigenvalue weighted by Gasteiger charge is -2.24. The van der Waals surface area contributed by atoms with Gasteiger partial charge in [-0.1, -0.05) is 12.1 Å². The molecule has 5 nitrogen and oxygen atoms in total. The predicted octanol–water partition coefficient (Wildman–Crippen LogP) is 1.50. The number of hydrogen-bond donors (Lipinski definition) is 2. The van der Waals surface area contributed by atoms with Crippen LogP contribution < -0.4 is 10.0 Å². The van der Waals surface area contributed by atoms with Gasteiger partial charge in [0.05, 0.1) is 10.5 Å². The lowest BCUT2D eigenvalue weighted by Crippen LogP contribution is -2.40. The molecule has 20 heavy (non-hydrogen) atoms. The molecule has 0 spiro atoms. The highest BCUT2D eigenvalue weighted by Gasteiger charge is 2.22. The molecule has 0 aromatic heterocycles. The van der Waals surface area contributed by atoms with Crippen molar-refractivity contribution in [1.82, 2.24) is 10.0 Å². The monoisotopic (exact) mass is 300 g/mol. The van der Waals surface area contributed by atoms with Crippen molar-refractivity contribution in [3.63, 3.8) is 0 Å². The van der Waals surface area contributed by atoms with E-state index >= 15 is 0 Å². The Hall–Kier alpha value is -0.950. The Morgan fingerprint density at radius 1 is 1.20 bits per heavy atom. The first kappa shape index (κ1) is 17.1. The highest BCUT2D eigenvalue weighted by Crippen LogP contribution is 2.13. The first-order valence-electron chi connectivity index (χ1n) is 6.68. The molecule has 1 rings (SSSR count). The van der Waals surface area contributed by atoms with Crippen molar-refractivity contribution in [2.24, 2.45) is 0 Å². The lowest BCUT2D eigenvalue weighted by atomic mass is 10.1. The Bertz CT molecular complexity index is 510. The van der Waals surface area contributed by atoms with Crippen LogP contribution in [0, 0.1) is 0 Å². The van der Waals surface area contributed by atoms with E-state index in [9.17, 15) is 8.42 Å². The summed E-state index contributed by atoms with van der Waals surface area (Å²) in [5, 5.41) is 3.02. The van der Waals surface area contributed by atoms with Crippen LogP contribution in [0.25, 0.3) is 0 Å². The maximum atomic E-state index is 12.2. The minimum atomic E-state index is -3.49. The van der Waals surface area contributed by atoms with E-state index in [1.165, 1.54) is 0 Å². The molecule has 6 heteroatoms. The second-order valence-electron chi connectivity index (χ2n) is 5.19. The molecule has 0 radical (unpaired) electrons. The van der Waals surface area contributed by atoms with E-state index in [0.717, 1.165) is 5.56 Å². The third-order valence-corrected chi connectivity index (χ3v) is 4.25. The molecule has 1 aromatic carbocycles. The second kappa shape index (κ2) is 7.17. The summed E-state index contributed by atoms with van der Waals surface area (Å²) in [7, 11) is -1.64. The minimum Gasteiger partial charge on any atom is -0.375 e. The van der Waals surface area contributed by atoms with E-state index in [0.29, 0.717) is 13.2 Å². The van der Waals surface area contributed by atoms with E-state index < -0.39 is 15.6 Å². The highest BCUT2D eigenvalue weighted by atomic mass is 32.2. The van der Waals surface area contributed by atoms with Crippen molar-refractivity contribution in [2.75, 3.05) is 20.2 Å². The molecular formula is C14H24N2O3S. The Balaban J connectivity index is 2.73. The van der Waals surface area contributed by atoms with Crippen LogP contribution in [0.2, 0.25) is 0 Å². The third-order valence-electron chi connectivity index (χ3n) is 2.84. The molecule has 114 valence electrons. The van der Waals surface area contributed by atoms with E-state index in [1.54, 1.807) is 24.3 Å². The van der Waals surface area contributed by atoms with E-state index in [-0.39, 0.29) is 11.4 Å². The van der Waals surface area contributed by atoms with Gasteiger partial charge in [0.25, 0.3) is 0 Å². The Kier molecular flexibility index (Phi) is 6.13. The molecule has 0 unspecified atom stereocenters.